The Bertz CT molecular complexity index is 401. The fraction of sp³-hybridized carbons (Fsp3) is 0.857. The van der Waals surface area contributed by atoms with Gasteiger partial charge in [0.25, 0.3) is 0 Å². The average Bonchev–Trinajstić information content (AvgIpc) is 2.95. The van der Waals surface area contributed by atoms with E-state index in [1.807, 2.05) is 4.90 Å². The highest BCUT2D eigenvalue weighted by Gasteiger charge is 2.40. The molecule has 1 N–H and O–H groups in total. The number of morpholine rings is 1. The molecule has 3 atom stereocenters. The monoisotopic (exact) mass is 282 g/mol. The van der Waals surface area contributed by atoms with Crippen molar-refractivity contribution in [1.29, 1.82) is 0 Å². The van der Waals surface area contributed by atoms with E-state index in [0.717, 1.165) is 25.7 Å². The van der Waals surface area contributed by atoms with Crippen molar-refractivity contribution in [3.05, 3.63) is 0 Å². The van der Waals surface area contributed by atoms with Crippen LogP contribution in [0.15, 0.2) is 0 Å². The Morgan fingerprint density at radius 3 is 2.75 bits per heavy atom. The molecule has 112 valence electrons. The van der Waals surface area contributed by atoms with Crippen molar-refractivity contribution in [3.63, 3.8) is 0 Å². The number of ether oxygens (including phenoxy) is 1. The van der Waals surface area contributed by atoms with Crippen LogP contribution >= 0.6 is 0 Å². The van der Waals surface area contributed by atoms with Gasteiger partial charge in [-0.3, -0.25) is 4.79 Å². The summed E-state index contributed by atoms with van der Waals surface area (Å²) < 4.78 is 5.72. The molecule has 0 bridgehead atoms. The van der Waals surface area contributed by atoms with E-state index >= 15 is 0 Å². The molecule has 3 fully saturated rings. The van der Waals surface area contributed by atoms with Crippen LogP contribution in [0.4, 0.5) is 4.79 Å². The molecule has 2 amide bonds. The van der Waals surface area contributed by atoms with E-state index < -0.39 is 11.9 Å². The lowest BCUT2D eigenvalue weighted by atomic mass is 9.98. The molecule has 20 heavy (non-hydrogen) atoms. The molecule has 6 heteroatoms. The van der Waals surface area contributed by atoms with E-state index in [2.05, 4.69) is 0 Å². The minimum atomic E-state index is -0.789. The lowest BCUT2D eigenvalue weighted by molar-refractivity contribution is -0.143. The van der Waals surface area contributed by atoms with Crippen molar-refractivity contribution in [2.75, 3.05) is 26.2 Å². The lowest BCUT2D eigenvalue weighted by Crippen LogP contribution is -2.57. The zero-order valence-corrected chi connectivity index (χ0v) is 11.7. The van der Waals surface area contributed by atoms with Crippen LogP contribution in [0.1, 0.15) is 32.1 Å². The maximum Gasteiger partial charge on any atom is 0.320 e. The standard InChI is InChI=1S/C14H22N2O4/c17-13(18)10-3-2-6-15(9-10)14(19)16-7-8-20-12-5-1-4-11(12)16/h10-12H,1-9H2,(H,17,18). The van der Waals surface area contributed by atoms with Gasteiger partial charge in [-0.15, -0.1) is 0 Å². The maximum absolute atomic E-state index is 12.7. The quantitative estimate of drug-likeness (QED) is 0.783. The van der Waals surface area contributed by atoms with Gasteiger partial charge in [-0.05, 0) is 32.1 Å². The molecule has 0 spiro atoms. The number of carbonyl (C=O) groups excluding carboxylic acids is 1. The van der Waals surface area contributed by atoms with Gasteiger partial charge < -0.3 is 19.6 Å². The first-order valence-corrected chi connectivity index (χ1v) is 7.57. The highest BCUT2D eigenvalue weighted by Crippen LogP contribution is 2.31. The third kappa shape index (κ3) is 2.49. The number of hydrogen-bond donors (Lipinski definition) is 1. The smallest absolute Gasteiger partial charge is 0.320 e. The van der Waals surface area contributed by atoms with Gasteiger partial charge in [0, 0.05) is 19.6 Å². The molecule has 0 radical (unpaired) electrons. The van der Waals surface area contributed by atoms with Crippen molar-refractivity contribution >= 4 is 12.0 Å². The van der Waals surface area contributed by atoms with Crippen molar-refractivity contribution in [2.45, 2.75) is 44.2 Å². The molecule has 2 saturated heterocycles. The third-order valence-electron chi connectivity index (χ3n) is 4.77. The van der Waals surface area contributed by atoms with Crippen LogP contribution in [-0.4, -0.2) is 65.3 Å². The van der Waals surface area contributed by atoms with E-state index in [9.17, 15) is 9.59 Å². The third-order valence-corrected chi connectivity index (χ3v) is 4.77. The Morgan fingerprint density at radius 2 is 1.95 bits per heavy atom. The van der Waals surface area contributed by atoms with E-state index in [4.69, 9.17) is 9.84 Å². The number of hydrogen-bond acceptors (Lipinski definition) is 3. The zero-order chi connectivity index (χ0) is 14.1. The molecule has 2 heterocycles. The Kier molecular flexibility index (Phi) is 3.83. The average molecular weight is 282 g/mol. The number of carboxylic acid groups (broad SMARTS) is 1. The fourth-order valence-corrected chi connectivity index (χ4v) is 3.70. The van der Waals surface area contributed by atoms with Crippen LogP contribution in [0.25, 0.3) is 0 Å². The number of likely N-dealkylation sites (tertiary alicyclic amines) is 1. The first-order valence-electron chi connectivity index (χ1n) is 7.57. The molecule has 0 aromatic heterocycles. The number of carbonyl (C=O) groups is 2. The van der Waals surface area contributed by atoms with Gasteiger partial charge in [-0.25, -0.2) is 4.79 Å². The summed E-state index contributed by atoms with van der Waals surface area (Å²) in [4.78, 5) is 27.4. The van der Waals surface area contributed by atoms with Gasteiger partial charge in [-0.1, -0.05) is 0 Å². The van der Waals surface area contributed by atoms with Gasteiger partial charge in [0.05, 0.1) is 24.7 Å². The van der Waals surface area contributed by atoms with Crippen molar-refractivity contribution in [1.82, 2.24) is 9.80 Å². The van der Waals surface area contributed by atoms with Crippen molar-refractivity contribution in [2.24, 2.45) is 5.92 Å². The van der Waals surface area contributed by atoms with Crippen LogP contribution in [-0.2, 0) is 9.53 Å². The van der Waals surface area contributed by atoms with Crippen LogP contribution in [0, 0.1) is 5.92 Å². The second kappa shape index (κ2) is 5.60. The topological polar surface area (TPSA) is 70.1 Å². The number of piperidine rings is 1. The van der Waals surface area contributed by atoms with Gasteiger partial charge in [0.2, 0.25) is 0 Å². The first-order chi connectivity index (χ1) is 9.66. The molecule has 0 aromatic rings. The number of amides is 2. The van der Waals surface area contributed by atoms with E-state index in [-0.39, 0.29) is 18.2 Å². The summed E-state index contributed by atoms with van der Waals surface area (Å²) in [6, 6.07) is 0.206. The highest BCUT2D eigenvalue weighted by atomic mass is 16.5. The zero-order valence-electron chi connectivity index (χ0n) is 11.7. The van der Waals surface area contributed by atoms with Crippen LogP contribution in [0.5, 0.6) is 0 Å². The lowest BCUT2D eigenvalue weighted by Gasteiger charge is -2.42. The Hall–Kier alpha value is -1.30. The molecular weight excluding hydrogens is 260 g/mol. The number of carboxylic acids is 1. The predicted molar refractivity (Wildman–Crippen MR) is 71.4 cm³/mol. The largest absolute Gasteiger partial charge is 0.481 e. The number of rotatable bonds is 1. The molecule has 1 saturated carbocycles. The summed E-state index contributed by atoms with van der Waals surface area (Å²) >= 11 is 0. The summed E-state index contributed by atoms with van der Waals surface area (Å²) in [5.41, 5.74) is 0. The molecule has 0 aromatic carbocycles. The second-order valence-corrected chi connectivity index (χ2v) is 6.01. The number of nitrogens with zero attached hydrogens (tertiary/aromatic N) is 2. The van der Waals surface area contributed by atoms with Crippen LogP contribution in [0.2, 0.25) is 0 Å². The Labute approximate surface area is 118 Å². The van der Waals surface area contributed by atoms with Crippen LogP contribution in [0.3, 0.4) is 0 Å². The van der Waals surface area contributed by atoms with Gasteiger partial charge >= 0.3 is 12.0 Å². The summed E-state index contributed by atoms with van der Waals surface area (Å²) in [7, 11) is 0. The SMILES string of the molecule is O=C(O)C1CCCN(C(=O)N2CCOC3CCCC32)C1. The minimum Gasteiger partial charge on any atom is -0.481 e. The van der Waals surface area contributed by atoms with Crippen molar-refractivity contribution < 1.29 is 19.4 Å². The number of fused-ring (bicyclic) bond motifs is 1. The molecule has 2 aliphatic heterocycles. The van der Waals surface area contributed by atoms with Gasteiger partial charge in [-0.2, -0.15) is 0 Å². The van der Waals surface area contributed by atoms with E-state index in [1.165, 1.54) is 0 Å². The minimum absolute atomic E-state index is 0.0103. The van der Waals surface area contributed by atoms with Gasteiger partial charge in [0.15, 0.2) is 0 Å². The highest BCUT2D eigenvalue weighted by molar-refractivity contribution is 5.77. The second-order valence-electron chi connectivity index (χ2n) is 6.01. The fourth-order valence-electron chi connectivity index (χ4n) is 3.70. The summed E-state index contributed by atoms with van der Waals surface area (Å²) in [5, 5.41) is 9.13. The summed E-state index contributed by atoms with van der Waals surface area (Å²) in [5.74, 6) is -1.20. The Balaban J connectivity index is 1.66. The number of urea groups is 1. The van der Waals surface area contributed by atoms with Crippen molar-refractivity contribution in [3.8, 4) is 0 Å². The summed E-state index contributed by atoms with van der Waals surface area (Å²) in [6.45, 7) is 2.26. The van der Waals surface area contributed by atoms with Gasteiger partial charge in [0.1, 0.15) is 0 Å². The molecule has 6 nitrogen and oxygen atoms in total. The first kappa shape index (κ1) is 13.7. The summed E-state index contributed by atoms with van der Waals surface area (Å²) in [6.07, 6.45) is 4.79. The normalized spacial score (nSPS) is 33.9. The van der Waals surface area contributed by atoms with Crippen LogP contribution < -0.4 is 0 Å². The van der Waals surface area contributed by atoms with E-state index in [0.29, 0.717) is 32.7 Å². The van der Waals surface area contributed by atoms with E-state index in [1.54, 1.807) is 4.90 Å². The Morgan fingerprint density at radius 1 is 1.10 bits per heavy atom. The molecule has 1 aliphatic carbocycles. The molecule has 3 unspecified atom stereocenters. The predicted octanol–water partition coefficient (Wildman–Crippen LogP) is 1.16. The number of aliphatic carboxylic acids is 1. The molecule has 3 aliphatic rings. The maximum atomic E-state index is 12.7. The molecular formula is C14H22N2O4. The molecule has 3 rings (SSSR count).